The Bertz CT molecular complexity index is 1220. The maximum Gasteiger partial charge on any atom is 0.200 e. The molecule has 0 unspecified atom stereocenters. The third-order valence-electron chi connectivity index (χ3n) is 6.99. The maximum absolute atomic E-state index is 10.8. The van der Waals surface area contributed by atoms with Crippen LogP contribution in [-0.2, 0) is 0 Å². The van der Waals surface area contributed by atoms with Crippen LogP contribution in [0.3, 0.4) is 0 Å². The molecule has 0 amide bonds. The molecule has 3 aromatic heterocycles. The highest BCUT2D eigenvalue weighted by Gasteiger charge is 2.42. The molecule has 1 aliphatic carbocycles. The summed E-state index contributed by atoms with van der Waals surface area (Å²) in [4.78, 5) is 6.55. The Morgan fingerprint density at radius 1 is 1.06 bits per heavy atom. The normalized spacial score (nSPS) is 25.2. The van der Waals surface area contributed by atoms with E-state index in [-0.39, 0.29) is 12.1 Å². The van der Waals surface area contributed by atoms with Gasteiger partial charge in [-0.1, -0.05) is 0 Å². The highest BCUT2D eigenvalue weighted by molar-refractivity contribution is 5.74. The molecule has 1 N–H and O–H groups in total. The number of methoxy groups -OCH3 is 1. The third-order valence-corrected chi connectivity index (χ3v) is 6.99. The molecular weight excluding hydrogens is 406 g/mol. The number of nitrogens with zero attached hydrogens (tertiary/aromatic N) is 7. The Balaban J connectivity index is 1.32. The topological polar surface area (TPSA) is 93.6 Å². The lowest BCUT2D eigenvalue weighted by atomic mass is 9.77. The van der Waals surface area contributed by atoms with Crippen molar-refractivity contribution >= 4 is 11.3 Å². The van der Waals surface area contributed by atoms with Gasteiger partial charge >= 0.3 is 0 Å². The first-order chi connectivity index (χ1) is 15.7. The van der Waals surface area contributed by atoms with Crippen molar-refractivity contribution in [3.8, 4) is 17.0 Å². The molecule has 0 bridgehead atoms. The lowest BCUT2D eigenvalue weighted by molar-refractivity contribution is 0.0358. The molecule has 164 valence electrons. The molecular formula is C23H25N7O2. The molecule has 1 aliphatic heterocycles. The molecule has 4 aromatic rings. The Hall–Kier alpha value is -3.46. The molecule has 0 spiro atoms. The number of anilines is 1. The van der Waals surface area contributed by atoms with Crippen molar-refractivity contribution in [2.75, 3.05) is 25.1 Å². The van der Waals surface area contributed by atoms with Crippen molar-refractivity contribution in [1.29, 1.82) is 0 Å². The van der Waals surface area contributed by atoms with E-state index in [4.69, 9.17) is 9.84 Å². The fraction of sp³-hybridized carbons (Fsp3) is 0.391. The second-order valence-electron chi connectivity index (χ2n) is 8.78. The molecule has 9 heteroatoms. The number of imidazole rings is 1. The zero-order valence-corrected chi connectivity index (χ0v) is 17.8. The van der Waals surface area contributed by atoms with Crippen LogP contribution in [0.1, 0.15) is 18.9 Å². The molecule has 2 aliphatic rings. The van der Waals surface area contributed by atoms with Crippen LogP contribution in [0.15, 0.2) is 55.4 Å². The molecule has 32 heavy (non-hydrogen) atoms. The lowest BCUT2D eigenvalue weighted by Gasteiger charge is -2.35. The molecule has 1 saturated heterocycles. The Labute approximate surface area is 185 Å². The van der Waals surface area contributed by atoms with Crippen LogP contribution in [0.5, 0.6) is 5.75 Å². The number of hydrogen-bond donors (Lipinski definition) is 1. The van der Waals surface area contributed by atoms with Gasteiger partial charge in [0, 0.05) is 31.0 Å². The van der Waals surface area contributed by atoms with Gasteiger partial charge in [0.2, 0.25) is 5.65 Å². The largest absolute Gasteiger partial charge is 0.497 e. The zero-order chi connectivity index (χ0) is 21.7. The summed E-state index contributed by atoms with van der Waals surface area (Å²) < 4.78 is 9.09. The van der Waals surface area contributed by atoms with Gasteiger partial charge < -0.3 is 19.3 Å². The van der Waals surface area contributed by atoms with E-state index in [1.807, 2.05) is 36.8 Å². The molecule has 0 radical (unpaired) electrons. The fourth-order valence-electron chi connectivity index (χ4n) is 5.34. The van der Waals surface area contributed by atoms with Crippen molar-refractivity contribution in [1.82, 2.24) is 29.4 Å². The van der Waals surface area contributed by atoms with Crippen LogP contribution in [-0.4, -0.2) is 60.8 Å². The zero-order valence-electron chi connectivity index (χ0n) is 17.8. The number of ether oxygens (including phenoxy) is 1. The van der Waals surface area contributed by atoms with Gasteiger partial charge in [0.25, 0.3) is 0 Å². The number of aromatic nitrogens is 6. The summed E-state index contributed by atoms with van der Waals surface area (Å²) in [6.45, 7) is 1.82. The molecule has 4 atom stereocenters. The van der Waals surface area contributed by atoms with E-state index in [2.05, 4.69) is 30.7 Å². The van der Waals surface area contributed by atoms with E-state index in [1.54, 1.807) is 24.1 Å². The number of aliphatic hydroxyl groups is 1. The second kappa shape index (κ2) is 7.59. The van der Waals surface area contributed by atoms with Gasteiger partial charge in [0.1, 0.15) is 12.1 Å². The number of aliphatic hydroxyl groups excluding tert-OH is 1. The minimum absolute atomic E-state index is 0.0825. The highest BCUT2D eigenvalue weighted by Crippen LogP contribution is 2.43. The second-order valence-corrected chi connectivity index (χ2v) is 8.78. The molecule has 1 aromatic carbocycles. The maximum atomic E-state index is 10.8. The Morgan fingerprint density at radius 3 is 2.62 bits per heavy atom. The van der Waals surface area contributed by atoms with Crippen molar-refractivity contribution in [2.24, 2.45) is 11.8 Å². The first kappa shape index (κ1) is 19.2. The van der Waals surface area contributed by atoms with Crippen LogP contribution in [0, 0.1) is 11.8 Å². The van der Waals surface area contributed by atoms with E-state index in [1.165, 1.54) is 0 Å². The summed E-state index contributed by atoms with van der Waals surface area (Å²) in [5.74, 6) is 1.77. The Kier molecular flexibility index (Phi) is 4.57. The predicted octanol–water partition coefficient (Wildman–Crippen LogP) is 2.44. The van der Waals surface area contributed by atoms with Crippen LogP contribution >= 0.6 is 0 Å². The van der Waals surface area contributed by atoms with Crippen LogP contribution in [0.25, 0.3) is 16.9 Å². The van der Waals surface area contributed by atoms with Gasteiger partial charge in [0.05, 0.1) is 37.0 Å². The number of rotatable bonds is 4. The van der Waals surface area contributed by atoms with Crippen LogP contribution in [0.2, 0.25) is 0 Å². The number of benzene rings is 1. The average Bonchev–Trinajstić information content (AvgIpc) is 3.58. The fourth-order valence-corrected chi connectivity index (χ4v) is 5.34. The smallest absolute Gasteiger partial charge is 0.200 e. The quantitative estimate of drug-likeness (QED) is 0.530. The predicted molar refractivity (Wildman–Crippen MR) is 118 cm³/mol. The van der Waals surface area contributed by atoms with Crippen molar-refractivity contribution in [3.63, 3.8) is 0 Å². The summed E-state index contributed by atoms with van der Waals surface area (Å²) in [6.07, 6.45) is 8.57. The van der Waals surface area contributed by atoms with Gasteiger partial charge in [-0.05, 0) is 55.0 Å². The summed E-state index contributed by atoms with van der Waals surface area (Å²) in [5.41, 5.74) is 3.66. The van der Waals surface area contributed by atoms with E-state index < -0.39 is 0 Å². The lowest BCUT2D eigenvalue weighted by Crippen LogP contribution is -2.35. The third kappa shape index (κ3) is 3.20. The molecule has 1 saturated carbocycles. The first-order valence-corrected chi connectivity index (χ1v) is 11.0. The molecule has 2 fully saturated rings. The first-order valence-electron chi connectivity index (χ1n) is 11.0. The average molecular weight is 432 g/mol. The highest BCUT2D eigenvalue weighted by atomic mass is 16.5. The Morgan fingerprint density at radius 2 is 1.88 bits per heavy atom. The van der Waals surface area contributed by atoms with Crippen molar-refractivity contribution in [2.45, 2.75) is 25.0 Å². The van der Waals surface area contributed by atoms with Crippen LogP contribution in [0.4, 0.5) is 5.69 Å². The summed E-state index contributed by atoms with van der Waals surface area (Å²) >= 11 is 0. The molecule has 6 rings (SSSR count). The number of hydrogen-bond acceptors (Lipinski definition) is 7. The minimum Gasteiger partial charge on any atom is -0.497 e. The summed E-state index contributed by atoms with van der Waals surface area (Å²) in [7, 11) is 1.66. The van der Waals surface area contributed by atoms with Crippen LogP contribution < -0.4 is 9.64 Å². The minimum atomic E-state index is -0.356. The molecule has 9 nitrogen and oxygen atoms in total. The van der Waals surface area contributed by atoms with Gasteiger partial charge in [-0.2, -0.15) is 9.61 Å². The number of fused-ring (bicyclic) bond motifs is 2. The van der Waals surface area contributed by atoms with E-state index in [0.717, 1.165) is 54.3 Å². The molecule has 4 heterocycles. The van der Waals surface area contributed by atoms with Gasteiger partial charge in [-0.25, -0.2) is 4.98 Å². The van der Waals surface area contributed by atoms with Gasteiger partial charge in [0.15, 0.2) is 0 Å². The summed E-state index contributed by atoms with van der Waals surface area (Å²) in [6, 6.07) is 10.1. The van der Waals surface area contributed by atoms with E-state index >= 15 is 0 Å². The van der Waals surface area contributed by atoms with Crippen molar-refractivity contribution in [3.05, 3.63) is 55.4 Å². The summed E-state index contributed by atoms with van der Waals surface area (Å²) in [5, 5.41) is 24.0. The SMILES string of the molecule is COc1ccc(-c2cc(N3C[C@H]4C[C@@H](n5ccnc5)[C@H](O)C[C@H]4C3)c3nncn3n2)cc1. The van der Waals surface area contributed by atoms with E-state index in [0.29, 0.717) is 11.8 Å². The van der Waals surface area contributed by atoms with Crippen molar-refractivity contribution < 1.29 is 9.84 Å². The standard InChI is InChI=1S/C23H25N7O2/c1-32-18-4-2-15(3-5-18)19-10-21(23-26-25-14-30(23)27-19)29-11-16-8-20(28-7-6-24-13-28)22(31)9-17(16)12-29/h2-7,10,13-14,16-17,20,22,31H,8-9,11-12H2,1H3/t16-,17+,20-,22-/m1/s1. The monoisotopic (exact) mass is 431 g/mol. The van der Waals surface area contributed by atoms with Gasteiger partial charge in [-0.3, -0.25) is 0 Å². The van der Waals surface area contributed by atoms with E-state index in [9.17, 15) is 5.11 Å². The van der Waals surface area contributed by atoms with Gasteiger partial charge in [-0.15, -0.1) is 10.2 Å².